The van der Waals surface area contributed by atoms with Crippen LogP contribution < -0.4 is 20.1 Å². The molecule has 0 bridgehead atoms. The first-order valence-corrected chi connectivity index (χ1v) is 9.33. The number of nitrogens with two attached hydrogens (primary N) is 1. The molecule has 2 atom stereocenters. The molecule has 4 rings (SSSR count). The number of para-hydroxylation sites is 2. The van der Waals surface area contributed by atoms with Gasteiger partial charge in [-0.15, -0.1) is 0 Å². The Hall–Kier alpha value is -3.06. The molecule has 2 N–H and O–H groups in total. The number of carbonyl (C=O) groups is 2. The summed E-state index contributed by atoms with van der Waals surface area (Å²) in [5.41, 5.74) is 6.51. The molecule has 1 saturated heterocycles. The Kier molecular flexibility index (Phi) is 5.16. The van der Waals surface area contributed by atoms with Crippen LogP contribution in [-0.4, -0.2) is 43.8 Å². The van der Waals surface area contributed by atoms with Crippen molar-refractivity contribution in [2.24, 2.45) is 5.73 Å². The fourth-order valence-electron chi connectivity index (χ4n) is 3.39. The zero-order chi connectivity index (χ0) is 19.5. The number of fused-ring (bicyclic) bond motifs is 1. The van der Waals surface area contributed by atoms with Gasteiger partial charge in [-0.05, 0) is 49.2 Å². The second-order valence-corrected chi connectivity index (χ2v) is 6.86. The molecule has 28 heavy (non-hydrogen) atoms. The van der Waals surface area contributed by atoms with E-state index in [1.165, 1.54) is 4.90 Å². The van der Waals surface area contributed by atoms with Crippen molar-refractivity contribution in [2.75, 3.05) is 24.7 Å². The van der Waals surface area contributed by atoms with Gasteiger partial charge in [0.1, 0.15) is 18.1 Å². The molecule has 1 fully saturated rings. The van der Waals surface area contributed by atoms with E-state index in [4.69, 9.17) is 19.9 Å². The first-order valence-electron chi connectivity index (χ1n) is 9.33. The number of benzene rings is 2. The van der Waals surface area contributed by atoms with E-state index in [2.05, 4.69) is 0 Å². The monoisotopic (exact) mass is 382 g/mol. The molecule has 0 aliphatic carbocycles. The van der Waals surface area contributed by atoms with Crippen LogP contribution in [0.3, 0.4) is 0 Å². The van der Waals surface area contributed by atoms with Gasteiger partial charge in [0.05, 0.1) is 18.3 Å². The van der Waals surface area contributed by atoms with E-state index < -0.39 is 12.0 Å². The van der Waals surface area contributed by atoms with E-state index in [-0.39, 0.29) is 18.6 Å². The Labute approximate surface area is 163 Å². The van der Waals surface area contributed by atoms with Gasteiger partial charge in [-0.25, -0.2) is 0 Å². The van der Waals surface area contributed by atoms with Crippen molar-refractivity contribution >= 4 is 17.5 Å². The maximum atomic E-state index is 13.1. The number of hydrogen-bond donors (Lipinski definition) is 1. The van der Waals surface area contributed by atoms with Crippen LogP contribution in [-0.2, 0) is 9.53 Å². The number of ether oxygens (including phenoxy) is 3. The summed E-state index contributed by atoms with van der Waals surface area (Å²) in [5, 5.41) is 0. The largest absolute Gasteiger partial charge is 0.491 e. The van der Waals surface area contributed by atoms with E-state index in [9.17, 15) is 9.59 Å². The molecule has 2 amide bonds. The topological polar surface area (TPSA) is 91.1 Å². The predicted octanol–water partition coefficient (Wildman–Crippen LogP) is 2.14. The summed E-state index contributed by atoms with van der Waals surface area (Å²) < 4.78 is 16.9. The quantitative estimate of drug-likeness (QED) is 0.856. The van der Waals surface area contributed by atoms with Crippen LogP contribution in [0.2, 0.25) is 0 Å². The Morgan fingerprint density at radius 2 is 1.93 bits per heavy atom. The van der Waals surface area contributed by atoms with E-state index in [0.29, 0.717) is 29.4 Å². The number of hydrogen-bond acceptors (Lipinski definition) is 5. The van der Waals surface area contributed by atoms with Crippen molar-refractivity contribution in [3.63, 3.8) is 0 Å². The minimum Gasteiger partial charge on any atom is -0.491 e. The van der Waals surface area contributed by atoms with E-state index >= 15 is 0 Å². The third-order valence-corrected chi connectivity index (χ3v) is 4.90. The summed E-state index contributed by atoms with van der Waals surface area (Å²) >= 11 is 0. The molecule has 0 aromatic heterocycles. The van der Waals surface area contributed by atoms with Gasteiger partial charge < -0.3 is 24.8 Å². The molecule has 2 aliphatic rings. The van der Waals surface area contributed by atoms with Crippen LogP contribution in [0.1, 0.15) is 23.2 Å². The molecule has 2 aliphatic heterocycles. The second-order valence-electron chi connectivity index (χ2n) is 6.86. The van der Waals surface area contributed by atoms with Crippen LogP contribution >= 0.6 is 0 Å². The molecule has 7 nitrogen and oxygen atoms in total. The molecule has 2 aromatic carbocycles. The van der Waals surface area contributed by atoms with Gasteiger partial charge in [0.2, 0.25) is 0 Å². The van der Waals surface area contributed by atoms with Gasteiger partial charge in [0.15, 0.2) is 6.10 Å². The lowest BCUT2D eigenvalue weighted by atomic mass is 10.1. The average Bonchev–Trinajstić information content (AvgIpc) is 3.25. The molecule has 0 unspecified atom stereocenters. The normalized spacial score (nSPS) is 20.9. The lowest BCUT2D eigenvalue weighted by Crippen LogP contribution is -2.49. The van der Waals surface area contributed by atoms with Crippen molar-refractivity contribution in [1.29, 1.82) is 0 Å². The maximum absolute atomic E-state index is 13.1. The van der Waals surface area contributed by atoms with E-state index in [1.807, 2.05) is 6.07 Å². The predicted molar refractivity (Wildman–Crippen MR) is 103 cm³/mol. The number of amides is 2. The molecular weight excluding hydrogens is 360 g/mol. The summed E-state index contributed by atoms with van der Waals surface area (Å²) in [7, 11) is 0. The molecule has 7 heteroatoms. The molecule has 2 aromatic rings. The first-order chi connectivity index (χ1) is 13.6. The number of primary amides is 1. The van der Waals surface area contributed by atoms with Crippen LogP contribution in [0.25, 0.3) is 0 Å². The van der Waals surface area contributed by atoms with Gasteiger partial charge in [-0.1, -0.05) is 12.1 Å². The molecule has 0 saturated carbocycles. The highest BCUT2D eigenvalue weighted by molar-refractivity contribution is 6.07. The molecular formula is C21H22N2O5. The Morgan fingerprint density at radius 3 is 2.64 bits per heavy atom. The minimum absolute atomic E-state index is 0.0719. The highest BCUT2D eigenvalue weighted by atomic mass is 16.5. The zero-order valence-electron chi connectivity index (χ0n) is 15.4. The number of rotatable bonds is 5. The third kappa shape index (κ3) is 3.80. The van der Waals surface area contributed by atoms with Gasteiger partial charge in [0, 0.05) is 12.2 Å². The van der Waals surface area contributed by atoms with Crippen molar-refractivity contribution in [2.45, 2.75) is 25.0 Å². The lowest BCUT2D eigenvalue weighted by Gasteiger charge is -2.33. The molecule has 146 valence electrons. The third-order valence-electron chi connectivity index (χ3n) is 4.90. The van der Waals surface area contributed by atoms with Crippen molar-refractivity contribution in [3.8, 4) is 11.5 Å². The summed E-state index contributed by atoms with van der Waals surface area (Å²) in [5.74, 6) is 0.310. The Balaban J connectivity index is 1.49. The van der Waals surface area contributed by atoms with Crippen LogP contribution in [0.15, 0.2) is 48.5 Å². The standard InChI is InChI=1S/C21H22N2O5/c22-20(24)19-12-23(17-5-1-2-6-18(17)28-19)21(25)14-7-9-15(10-8-14)27-13-16-4-3-11-26-16/h1-2,5-10,16,19H,3-4,11-13H2,(H2,22,24)/t16-,19+/m0/s1. The van der Waals surface area contributed by atoms with Crippen molar-refractivity contribution < 1.29 is 23.8 Å². The zero-order valence-corrected chi connectivity index (χ0v) is 15.4. The van der Waals surface area contributed by atoms with Gasteiger partial charge in [0.25, 0.3) is 11.8 Å². The van der Waals surface area contributed by atoms with Crippen LogP contribution in [0.4, 0.5) is 5.69 Å². The molecule has 0 spiro atoms. The van der Waals surface area contributed by atoms with Gasteiger partial charge in [-0.2, -0.15) is 0 Å². The summed E-state index contributed by atoms with van der Waals surface area (Å²) in [6.45, 7) is 1.36. The van der Waals surface area contributed by atoms with Crippen molar-refractivity contribution in [3.05, 3.63) is 54.1 Å². The van der Waals surface area contributed by atoms with E-state index in [1.54, 1.807) is 42.5 Å². The summed E-state index contributed by atoms with van der Waals surface area (Å²) in [6, 6.07) is 14.0. The highest BCUT2D eigenvalue weighted by Gasteiger charge is 2.33. The fraction of sp³-hybridized carbons (Fsp3) is 0.333. The lowest BCUT2D eigenvalue weighted by molar-refractivity contribution is -0.124. The van der Waals surface area contributed by atoms with Crippen LogP contribution in [0.5, 0.6) is 11.5 Å². The summed E-state index contributed by atoms with van der Waals surface area (Å²) in [6.07, 6.45) is 1.33. The Bertz CT molecular complexity index is 861. The van der Waals surface area contributed by atoms with Gasteiger partial charge >= 0.3 is 0 Å². The number of carbonyl (C=O) groups excluding carboxylic acids is 2. The van der Waals surface area contributed by atoms with Crippen LogP contribution in [0, 0.1) is 0 Å². The smallest absolute Gasteiger partial charge is 0.260 e. The minimum atomic E-state index is -0.882. The second kappa shape index (κ2) is 7.90. The summed E-state index contributed by atoms with van der Waals surface area (Å²) in [4.78, 5) is 26.2. The molecule has 0 radical (unpaired) electrons. The highest BCUT2D eigenvalue weighted by Crippen LogP contribution is 2.34. The Morgan fingerprint density at radius 1 is 1.14 bits per heavy atom. The molecule has 2 heterocycles. The SMILES string of the molecule is NC(=O)[C@H]1CN(C(=O)c2ccc(OC[C@@H]3CCCO3)cc2)c2ccccc2O1. The van der Waals surface area contributed by atoms with Gasteiger partial charge in [-0.3, -0.25) is 9.59 Å². The number of nitrogens with zero attached hydrogens (tertiary/aromatic N) is 1. The van der Waals surface area contributed by atoms with Crippen molar-refractivity contribution in [1.82, 2.24) is 0 Å². The average molecular weight is 382 g/mol. The van der Waals surface area contributed by atoms with E-state index in [0.717, 1.165) is 19.4 Å². The fourth-order valence-corrected chi connectivity index (χ4v) is 3.39. The first kappa shape index (κ1) is 18.3. The maximum Gasteiger partial charge on any atom is 0.260 e. The number of anilines is 1.